The third kappa shape index (κ3) is 3.76. The largest absolute Gasteiger partial charge is 0.424 e. The highest BCUT2D eigenvalue weighted by molar-refractivity contribution is 5.37. The predicted octanol–water partition coefficient (Wildman–Crippen LogP) is 2.78. The van der Waals surface area contributed by atoms with E-state index in [9.17, 15) is 0 Å². The van der Waals surface area contributed by atoms with E-state index in [1.165, 1.54) is 0 Å². The molecule has 0 saturated heterocycles. The molecule has 0 aliphatic carbocycles. The van der Waals surface area contributed by atoms with Crippen LogP contribution in [0.2, 0.25) is 0 Å². The molecule has 1 unspecified atom stereocenters. The van der Waals surface area contributed by atoms with Gasteiger partial charge in [0.05, 0.1) is 0 Å². The van der Waals surface area contributed by atoms with Crippen molar-refractivity contribution < 1.29 is 4.74 Å². The highest BCUT2D eigenvalue weighted by Crippen LogP contribution is 2.23. The second kappa shape index (κ2) is 5.80. The molecule has 0 aliphatic heterocycles. The summed E-state index contributed by atoms with van der Waals surface area (Å²) in [6, 6.07) is 6.52. The van der Waals surface area contributed by atoms with Crippen LogP contribution in [0.4, 0.5) is 0 Å². The summed E-state index contributed by atoms with van der Waals surface area (Å²) in [6.45, 7) is 5.98. The van der Waals surface area contributed by atoms with Crippen molar-refractivity contribution in [3.63, 3.8) is 0 Å². The smallest absolute Gasteiger partial charge is 0.321 e. The van der Waals surface area contributed by atoms with Gasteiger partial charge in [-0.1, -0.05) is 12.1 Å². The normalized spacial score (nSPS) is 12.2. The van der Waals surface area contributed by atoms with Crippen LogP contribution in [0.15, 0.2) is 30.6 Å². The van der Waals surface area contributed by atoms with E-state index in [1.54, 1.807) is 12.4 Å². The first-order valence-electron chi connectivity index (χ1n) is 6.36. The average molecular weight is 257 g/mol. The summed E-state index contributed by atoms with van der Waals surface area (Å²) in [6.07, 6.45) is 4.29. The number of ether oxygens (including phenoxy) is 1. The summed E-state index contributed by atoms with van der Waals surface area (Å²) in [5.41, 5.74) is 8.96. The van der Waals surface area contributed by atoms with Gasteiger partial charge in [-0.2, -0.15) is 0 Å². The number of nitrogens with zero attached hydrogens (tertiary/aromatic N) is 2. The van der Waals surface area contributed by atoms with E-state index in [-0.39, 0.29) is 6.04 Å². The SMILES string of the molecule is Cc1ccc(C)c(Oc2ncc(CC(C)N)cn2)c1. The molecule has 0 radical (unpaired) electrons. The van der Waals surface area contributed by atoms with Gasteiger partial charge in [-0.05, 0) is 49.9 Å². The second-order valence-electron chi connectivity index (χ2n) is 4.93. The zero-order valence-corrected chi connectivity index (χ0v) is 11.6. The molecule has 0 saturated carbocycles. The molecule has 1 aromatic carbocycles. The van der Waals surface area contributed by atoms with Crippen molar-refractivity contribution in [1.82, 2.24) is 9.97 Å². The molecule has 2 N–H and O–H groups in total. The zero-order chi connectivity index (χ0) is 13.8. The Balaban J connectivity index is 2.13. The topological polar surface area (TPSA) is 61.0 Å². The third-order valence-electron chi connectivity index (χ3n) is 2.78. The molecule has 1 atom stereocenters. The molecule has 2 rings (SSSR count). The van der Waals surface area contributed by atoms with Crippen LogP contribution in [0, 0.1) is 13.8 Å². The first-order valence-corrected chi connectivity index (χ1v) is 6.36. The van der Waals surface area contributed by atoms with E-state index >= 15 is 0 Å². The van der Waals surface area contributed by atoms with Gasteiger partial charge in [0.1, 0.15) is 5.75 Å². The Morgan fingerprint density at radius 2 is 1.89 bits per heavy atom. The van der Waals surface area contributed by atoms with Crippen LogP contribution in [-0.2, 0) is 6.42 Å². The predicted molar refractivity (Wildman–Crippen MR) is 75.4 cm³/mol. The fourth-order valence-corrected chi connectivity index (χ4v) is 1.79. The van der Waals surface area contributed by atoms with Gasteiger partial charge in [-0.15, -0.1) is 0 Å². The first kappa shape index (κ1) is 13.5. The Bertz CT molecular complexity index is 550. The lowest BCUT2D eigenvalue weighted by molar-refractivity contribution is 0.437. The molecule has 0 fully saturated rings. The van der Waals surface area contributed by atoms with Gasteiger partial charge >= 0.3 is 6.01 Å². The summed E-state index contributed by atoms with van der Waals surface area (Å²) in [5.74, 6) is 0.792. The van der Waals surface area contributed by atoms with E-state index in [0.717, 1.165) is 28.9 Å². The van der Waals surface area contributed by atoms with Gasteiger partial charge in [0.25, 0.3) is 0 Å². The summed E-state index contributed by atoms with van der Waals surface area (Å²) < 4.78 is 5.70. The maximum atomic E-state index is 5.74. The summed E-state index contributed by atoms with van der Waals surface area (Å²) in [5, 5.41) is 0. The standard InChI is InChI=1S/C15H19N3O/c1-10-4-5-11(2)14(6-10)19-15-17-8-13(9-18-15)7-12(3)16/h4-6,8-9,12H,7,16H2,1-3H3. The molecule has 19 heavy (non-hydrogen) atoms. The number of hydrogen-bond acceptors (Lipinski definition) is 4. The second-order valence-corrected chi connectivity index (χ2v) is 4.93. The van der Waals surface area contributed by atoms with E-state index in [1.807, 2.05) is 32.9 Å². The minimum Gasteiger partial charge on any atom is -0.424 e. The van der Waals surface area contributed by atoms with Crippen LogP contribution < -0.4 is 10.5 Å². The maximum absolute atomic E-state index is 5.74. The molecular weight excluding hydrogens is 238 g/mol. The molecule has 0 amide bonds. The molecule has 4 heteroatoms. The monoisotopic (exact) mass is 257 g/mol. The van der Waals surface area contributed by atoms with Crippen molar-refractivity contribution in [2.75, 3.05) is 0 Å². The minimum absolute atomic E-state index is 0.106. The van der Waals surface area contributed by atoms with Gasteiger partial charge < -0.3 is 10.5 Å². The van der Waals surface area contributed by atoms with Crippen molar-refractivity contribution in [2.24, 2.45) is 5.73 Å². The van der Waals surface area contributed by atoms with Crippen LogP contribution in [-0.4, -0.2) is 16.0 Å². The molecule has 2 aromatic rings. The van der Waals surface area contributed by atoms with Gasteiger partial charge in [0.2, 0.25) is 0 Å². The van der Waals surface area contributed by atoms with Crippen molar-refractivity contribution in [2.45, 2.75) is 33.2 Å². The Morgan fingerprint density at radius 1 is 1.21 bits per heavy atom. The Labute approximate surface area is 113 Å². The van der Waals surface area contributed by atoms with Crippen molar-refractivity contribution in [3.8, 4) is 11.8 Å². The summed E-state index contributed by atoms with van der Waals surface area (Å²) >= 11 is 0. The molecule has 0 bridgehead atoms. The van der Waals surface area contributed by atoms with E-state index in [4.69, 9.17) is 10.5 Å². The van der Waals surface area contributed by atoms with Crippen molar-refractivity contribution in [1.29, 1.82) is 0 Å². The number of aryl methyl sites for hydroxylation is 2. The maximum Gasteiger partial charge on any atom is 0.321 e. The lowest BCUT2D eigenvalue weighted by atomic mass is 10.1. The Morgan fingerprint density at radius 3 is 2.53 bits per heavy atom. The quantitative estimate of drug-likeness (QED) is 0.915. The van der Waals surface area contributed by atoms with Crippen molar-refractivity contribution >= 4 is 0 Å². The van der Waals surface area contributed by atoms with E-state index in [2.05, 4.69) is 16.0 Å². The molecule has 100 valence electrons. The van der Waals surface area contributed by atoms with Crippen LogP contribution in [0.3, 0.4) is 0 Å². The Kier molecular flexibility index (Phi) is 4.12. The Hall–Kier alpha value is -1.94. The molecular formula is C15H19N3O. The lowest BCUT2D eigenvalue weighted by Crippen LogP contribution is -2.17. The highest BCUT2D eigenvalue weighted by atomic mass is 16.5. The van der Waals surface area contributed by atoms with Gasteiger partial charge in [-0.25, -0.2) is 9.97 Å². The van der Waals surface area contributed by atoms with Gasteiger partial charge in [0.15, 0.2) is 0 Å². The fraction of sp³-hybridized carbons (Fsp3) is 0.333. The highest BCUT2D eigenvalue weighted by Gasteiger charge is 2.05. The molecule has 0 spiro atoms. The lowest BCUT2D eigenvalue weighted by Gasteiger charge is -2.09. The number of rotatable bonds is 4. The fourth-order valence-electron chi connectivity index (χ4n) is 1.79. The average Bonchev–Trinajstić information content (AvgIpc) is 2.35. The van der Waals surface area contributed by atoms with Gasteiger partial charge in [-0.3, -0.25) is 0 Å². The zero-order valence-electron chi connectivity index (χ0n) is 11.6. The van der Waals surface area contributed by atoms with E-state index < -0.39 is 0 Å². The molecule has 1 aromatic heterocycles. The molecule has 0 aliphatic rings. The summed E-state index contributed by atoms with van der Waals surface area (Å²) in [4.78, 5) is 8.42. The van der Waals surface area contributed by atoms with Crippen LogP contribution in [0.1, 0.15) is 23.6 Å². The van der Waals surface area contributed by atoms with Crippen LogP contribution >= 0.6 is 0 Å². The first-order chi connectivity index (χ1) is 9.04. The van der Waals surface area contributed by atoms with Gasteiger partial charge in [0, 0.05) is 18.4 Å². The third-order valence-corrected chi connectivity index (χ3v) is 2.78. The number of aromatic nitrogens is 2. The summed E-state index contributed by atoms with van der Waals surface area (Å²) in [7, 11) is 0. The number of hydrogen-bond donors (Lipinski definition) is 1. The van der Waals surface area contributed by atoms with Crippen LogP contribution in [0.5, 0.6) is 11.8 Å². The minimum atomic E-state index is 0.106. The molecule has 4 nitrogen and oxygen atoms in total. The van der Waals surface area contributed by atoms with Crippen LogP contribution in [0.25, 0.3) is 0 Å². The number of nitrogens with two attached hydrogens (primary N) is 1. The van der Waals surface area contributed by atoms with Crippen molar-refractivity contribution in [3.05, 3.63) is 47.3 Å². The number of benzene rings is 1. The van der Waals surface area contributed by atoms with E-state index in [0.29, 0.717) is 6.01 Å². The molecule has 1 heterocycles.